The number of para-hydroxylation sites is 1. The van der Waals surface area contributed by atoms with Gasteiger partial charge in [-0.1, -0.05) is 55.5 Å². The van der Waals surface area contributed by atoms with Crippen molar-refractivity contribution >= 4 is 34.0 Å². The Labute approximate surface area is 204 Å². The fourth-order valence-electron chi connectivity index (χ4n) is 4.95. The average Bonchev–Trinajstić information content (AvgIpc) is 3.32. The number of carbonyl (C=O) groups is 2. The SMILES string of the molecule is CCc1ccc(/C(O)=C2\C(=O)C(=O)N(c3ccc(C)c(C)c3)C2c2c(C)[nH]c3ccccc23)cc1. The van der Waals surface area contributed by atoms with Gasteiger partial charge in [0.1, 0.15) is 5.76 Å². The Morgan fingerprint density at radius 2 is 1.66 bits per heavy atom. The van der Waals surface area contributed by atoms with Crippen LogP contribution in [0.3, 0.4) is 0 Å². The minimum absolute atomic E-state index is 0.102. The molecule has 1 aromatic heterocycles. The molecule has 0 saturated carbocycles. The van der Waals surface area contributed by atoms with Gasteiger partial charge < -0.3 is 10.1 Å². The molecule has 1 saturated heterocycles. The molecule has 176 valence electrons. The van der Waals surface area contributed by atoms with Crippen LogP contribution in [0.1, 0.15) is 46.5 Å². The normalized spacial score (nSPS) is 17.5. The number of nitrogens with one attached hydrogen (secondary N) is 1. The smallest absolute Gasteiger partial charge is 0.300 e. The van der Waals surface area contributed by atoms with Gasteiger partial charge in [-0.3, -0.25) is 14.5 Å². The number of ketones is 1. The van der Waals surface area contributed by atoms with Crippen molar-refractivity contribution in [1.29, 1.82) is 0 Å². The van der Waals surface area contributed by atoms with Crippen LogP contribution in [0.25, 0.3) is 16.7 Å². The summed E-state index contributed by atoms with van der Waals surface area (Å²) in [5, 5.41) is 12.4. The number of benzene rings is 3. The number of aliphatic hydroxyl groups excluding tert-OH is 1. The van der Waals surface area contributed by atoms with Gasteiger partial charge in [0.2, 0.25) is 0 Å². The van der Waals surface area contributed by atoms with E-state index in [4.69, 9.17) is 0 Å². The number of Topliss-reactive ketones (excluding diaryl/α,β-unsaturated/α-hetero) is 1. The molecule has 5 heteroatoms. The van der Waals surface area contributed by atoms with Gasteiger partial charge in [0.25, 0.3) is 11.7 Å². The Morgan fingerprint density at radius 3 is 2.34 bits per heavy atom. The van der Waals surface area contributed by atoms with E-state index in [0.717, 1.165) is 45.3 Å². The lowest BCUT2D eigenvalue weighted by molar-refractivity contribution is -0.132. The molecule has 5 nitrogen and oxygen atoms in total. The molecule has 5 rings (SSSR count). The second kappa shape index (κ2) is 8.58. The van der Waals surface area contributed by atoms with E-state index in [1.165, 1.54) is 4.90 Å². The first-order valence-electron chi connectivity index (χ1n) is 11.9. The lowest BCUT2D eigenvalue weighted by Crippen LogP contribution is -2.29. The summed E-state index contributed by atoms with van der Waals surface area (Å²) >= 11 is 0. The van der Waals surface area contributed by atoms with E-state index in [-0.39, 0.29) is 11.3 Å². The Kier molecular flexibility index (Phi) is 5.56. The molecule has 1 amide bonds. The maximum absolute atomic E-state index is 13.5. The predicted octanol–water partition coefficient (Wildman–Crippen LogP) is 6.28. The van der Waals surface area contributed by atoms with E-state index in [9.17, 15) is 14.7 Å². The summed E-state index contributed by atoms with van der Waals surface area (Å²) in [4.78, 5) is 32.0. The van der Waals surface area contributed by atoms with Crippen LogP contribution in [0, 0.1) is 20.8 Å². The average molecular weight is 465 g/mol. The van der Waals surface area contributed by atoms with Gasteiger partial charge >= 0.3 is 0 Å². The highest BCUT2D eigenvalue weighted by Gasteiger charge is 2.48. The van der Waals surface area contributed by atoms with Crippen LogP contribution < -0.4 is 4.90 Å². The van der Waals surface area contributed by atoms with Gasteiger partial charge in [0, 0.05) is 33.4 Å². The van der Waals surface area contributed by atoms with Crippen molar-refractivity contribution in [2.45, 2.75) is 40.2 Å². The number of H-pyrrole nitrogens is 1. The van der Waals surface area contributed by atoms with Gasteiger partial charge in [-0.2, -0.15) is 0 Å². The molecule has 1 atom stereocenters. The van der Waals surface area contributed by atoms with Crippen LogP contribution in [-0.2, 0) is 16.0 Å². The molecule has 2 heterocycles. The molecule has 1 unspecified atom stereocenters. The van der Waals surface area contributed by atoms with Crippen molar-refractivity contribution in [3.63, 3.8) is 0 Å². The van der Waals surface area contributed by atoms with Gasteiger partial charge in [-0.15, -0.1) is 0 Å². The van der Waals surface area contributed by atoms with Crippen molar-refractivity contribution in [2.75, 3.05) is 4.90 Å². The molecule has 0 aliphatic carbocycles. The number of carbonyl (C=O) groups excluding carboxylic acids is 2. The summed E-state index contributed by atoms with van der Waals surface area (Å²) in [6, 6.07) is 20.3. The van der Waals surface area contributed by atoms with Gasteiger partial charge in [-0.05, 0) is 62.1 Å². The fourth-order valence-corrected chi connectivity index (χ4v) is 4.95. The predicted molar refractivity (Wildman–Crippen MR) is 140 cm³/mol. The van der Waals surface area contributed by atoms with Gasteiger partial charge in [0.05, 0.1) is 11.6 Å². The Hall–Kier alpha value is -4.12. The number of aryl methyl sites for hydroxylation is 4. The van der Waals surface area contributed by atoms with E-state index in [1.807, 2.05) is 75.4 Å². The zero-order valence-electron chi connectivity index (χ0n) is 20.3. The molecule has 0 spiro atoms. The van der Waals surface area contributed by atoms with Crippen molar-refractivity contribution in [3.05, 3.63) is 106 Å². The van der Waals surface area contributed by atoms with Crippen LogP contribution in [0.5, 0.6) is 0 Å². The van der Waals surface area contributed by atoms with Crippen LogP contribution >= 0.6 is 0 Å². The number of anilines is 1. The third-order valence-electron chi connectivity index (χ3n) is 7.07. The standard InChI is InChI=1S/C30H28N2O3/c1-5-20-11-13-21(14-12-20)28(33)26-27(25-19(4)31-24-9-7-6-8-23(24)25)32(30(35)29(26)34)22-15-10-17(2)18(3)16-22/h6-16,27,31,33H,5H2,1-4H3/b28-26+. The zero-order chi connectivity index (χ0) is 24.9. The molecule has 1 fully saturated rings. The highest BCUT2D eigenvalue weighted by molar-refractivity contribution is 6.52. The van der Waals surface area contributed by atoms with E-state index in [2.05, 4.69) is 11.9 Å². The summed E-state index contributed by atoms with van der Waals surface area (Å²) in [5.74, 6) is -1.49. The number of amides is 1. The number of nitrogens with zero attached hydrogens (tertiary/aromatic N) is 1. The number of aliphatic hydroxyl groups is 1. The van der Waals surface area contributed by atoms with E-state index in [1.54, 1.807) is 12.1 Å². The van der Waals surface area contributed by atoms with Crippen LogP contribution in [0.2, 0.25) is 0 Å². The topological polar surface area (TPSA) is 73.4 Å². The summed E-state index contributed by atoms with van der Waals surface area (Å²) in [6.45, 7) is 7.99. The highest BCUT2D eigenvalue weighted by atomic mass is 16.3. The molecule has 1 aliphatic heterocycles. The lowest BCUT2D eigenvalue weighted by Gasteiger charge is -2.26. The van der Waals surface area contributed by atoms with Crippen molar-refractivity contribution in [2.24, 2.45) is 0 Å². The molecule has 3 aromatic carbocycles. The summed E-state index contributed by atoms with van der Waals surface area (Å²) < 4.78 is 0. The second-order valence-electron chi connectivity index (χ2n) is 9.20. The molecular weight excluding hydrogens is 436 g/mol. The third kappa shape index (κ3) is 3.64. The molecule has 1 aliphatic rings. The van der Waals surface area contributed by atoms with Gasteiger partial charge in [0.15, 0.2) is 0 Å². The van der Waals surface area contributed by atoms with E-state index >= 15 is 0 Å². The first-order valence-corrected chi connectivity index (χ1v) is 11.9. The maximum atomic E-state index is 13.5. The fraction of sp³-hybridized carbons (Fsp3) is 0.200. The summed E-state index contributed by atoms with van der Waals surface area (Å²) in [6.07, 6.45) is 0.868. The van der Waals surface area contributed by atoms with Crippen LogP contribution in [0.4, 0.5) is 5.69 Å². The molecule has 2 N–H and O–H groups in total. The summed E-state index contributed by atoms with van der Waals surface area (Å²) in [7, 11) is 0. The third-order valence-corrected chi connectivity index (χ3v) is 7.07. The Morgan fingerprint density at radius 1 is 0.943 bits per heavy atom. The minimum Gasteiger partial charge on any atom is -0.507 e. The number of aromatic amines is 1. The van der Waals surface area contributed by atoms with E-state index < -0.39 is 17.7 Å². The van der Waals surface area contributed by atoms with Crippen molar-refractivity contribution < 1.29 is 14.7 Å². The van der Waals surface area contributed by atoms with Crippen LogP contribution in [0.15, 0.2) is 72.3 Å². The minimum atomic E-state index is -0.765. The molecule has 0 bridgehead atoms. The Bertz CT molecular complexity index is 1510. The molecule has 0 radical (unpaired) electrons. The number of hydrogen-bond donors (Lipinski definition) is 2. The highest BCUT2D eigenvalue weighted by Crippen LogP contribution is 2.45. The van der Waals surface area contributed by atoms with E-state index in [0.29, 0.717) is 11.3 Å². The number of hydrogen-bond acceptors (Lipinski definition) is 3. The summed E-state index contributed by atoms with van der Waals surface area (Å²) in [5.41, 5.74) is 7.07. The maximum Gasteiger partial charge on any atom is 0.300 e. The monoisotopic (exact) mass is 464 g/mol. The van der Waals surface area contributed by atoms with Crippen molar-refractivity contribution in [3.8, 4) is 0 Å². The number of rotatable bonds is 4. The number of fused-ring (bicyclic) bond motifs is 1. The first kappa shape index (κ1) is 22.7. The first-order chi connectivity index (χ1) is 16.8. The van der Waals surface area contributed by atoms with Crippen molar-refractivity contribution in [1.82, 2.24) is 4.98 Å². The largest absolute Gasteiger partial charge is 0.507 e. The molecular formula is C30H28N2O3. The second-order valence-corrected chi connectivity index (χ2v) is 9.20. The van der Waals surface area contributed by atoms with Crippen LogP contribution in [-0.4, -0.2) is 21.8 Å². The Balaban J connectivity index is 1.80. The zero-order valence-corrected chi connectivity index (χ0v) is 20.3. The lowest BCUT2D eigenvalue weighted by atomic mass is 9.92. The quantitative estimate of drug-likeness (QED) is 0.212. The number of aromatic nitrogens is 1. The molecule has 35 heavy (non-hydrogen) atoms. The van der Waals surface area contributed by atoms with Gasteiger partial charge in [-0.25, -0.2) is 0 Å². The molecule has 4 aromatic rings.